The number of amides is 1. The van der Waals surface area contributed by atoms with Gasteiger partial charge in [-0.15, -0.1) is 0 Å². The summed E-state index contributed by atoms with van der Waals surface area (Å²) >= 11 is 0. The Hall–Kier alpha value is -1.62. The Morgan fingerprint density at radius 3 is 2.71 bits per heavy atom. The Bertz CT molecular complexity index is 623. The molecule has 134 valence electrons. The smallest absolute Gasteiger partial charge is 0.254 e. The van der Waals surface area contributed by atoms with Gasteiger partial charge >= 0.3 is 0 Å². The van der Waals surface area contributed by atoms with Crippen LogP contribution >= 0.6 is 0 Å². The highest BCUT2D eigenvalue weighted by Crippen LogP contribution is 2.22. The van der Waals surface area contributed by atoms with Crippen LogP contribution in [0.15, 0.2) is 16.9 Å². The van der Waals surface area contributed by atoms with E-state index < -0.39 is 0 Å². The van der Waals surface area contributed by atoms with Gasteiger partial charge in [-0.25, -0.2) is 0 Å². The fourth-order valence-corrected chi connectivity index (χ4v) is 3.71. The van der Waals surface area contributed by atoms with Gasteiger partial charge in [-0.3, -0.25) is 9.59 Å². The number of aromatic nitrogens is 1. The van der Waals surface area contributed by atoms with Crippen molar-refractivity contribution in [1.29, 1.82) is 0 Å². The third kappa shape index (κ3) is 4.47. The second kappa shape index (κ2) is 7.97. The molecular formula is C19H31N3O2. The molecule has 1 aromatic heterocycles. The zero-order valence-electron chi connectivity index (χ0n) is 15.6. The molecule has 1 aromatic rings. The van der Waals surface area contributed by atoms with Crippen molar-refractivity contribution in [3.05, 3.63) is 33.7 Å². The third-order valence-electron chi connectivity index (χ3n) is 4.98. The number of carbonyl (C=O) groups excluding carboxylic acids is 1. The van der Waals surface area contributed by atoms with Crippen LogP contribution in [0, 0.1) is 11.8 Å². The molecule has 24 heavy (non-hydrogen) atoms. The molecule has 0 unspecified atom stereocenters. The summed E-state index contributed by atoms with van der Waals surface area (Å²) in [7, 11) is 1.87. The molecule has 1 aliphatic rings. The van der Waals surface area contributed by atoms with E-state index in [1.165, 1.54) is 6.07 Å². The van der Waals surface area contributed by atoms with Gasteiger partial charge in [-0.1, -0.05) is 27.7 Å². The van der Waals surface area contributed by atoms with Crippen LogP contribution in [-0.4, -0.2) is 53.4 Å². The average molecular weight is 333 g/mol. The number of aromatic amines is 1. The Morgan fingerprint density at radius 2 is 2.12 bits per heavy atom. The van der Waals surface area contributed by atoms with Crippen LogP contribution in [0.1, 0.15) is 50.2 Å². The summed E-state index contributed by atoms with van der Waals surface area (Å²) in [5.74, 6) is 0.819. The highest BCUT2D eigenvalue weighted by atomic mass is 16.2. The van der Waals surface area contributed by atoms with Gasteiger partial charge in [0.25, 0.3) is 5.91 Å². The minimum absolute atomic E-state index is 0.0482. The first-order chi connectivity index (χ1) is 11.3. The van der Waals surface area contributed by atoms with Crippen molar-refractivity contribution < 1.29 is 4.79 Å². The van der Waals surface area contributed by atoms with Gasteiger partial charge in [0.1, 0.15) is 0 Å². The molecule has 1 fully saturated rings. The van der Waals surface area contributed by atoms with E-state index in [4.69, 9.17) is 0 Å². The second-order valence-corrected chi connectivity index (χ2v) is 7.50. The van der Waals surface area contributed by atoms with Crippen molar-refractivity contribution in [2.24, 2.45) is 11.8 Å². The maximum atomic E-state index is 12.9. The fourth-order valence-electron chi connectivity index (χ4n) is 3.71. The van der Waals surface area contributed by atoms with Crippen molar-refractivity contribution in [3.63, 3.8) is 0 Å². The minimum Gasteiger partial charge on any atom is -0.338 e. The number of nitrogens with zero attached hydrogens (tertiary/aromatic N) is 2. The average Bonchev–Trinajstić information content (AvgIpc) is 2.52. The number of hydrogen-bond acceptors (Lipinski definition) is 3. The predicted molar refractivity (Wildman–Crippen MR) is 97.4 cm³/mol. The Balaban J connectivity index is 2.16. The summed E-state index contributed by atoms with van der Waals surface area (Å²) in [6.45, 7) is 11.7. The first-order valence-corrected chi connectivity index (χ1v) is 9.04. The van der Waals surface area contributed by atoms with E-state index in [9.17, 15) is 9.59 Å². The summed E-state index contributed by atoms with van der Waals surface area (Å²) in [6, 6.07) is 3.49. The normalized spacial score (nSPS) is 21.9. The number of carbonyl (C=O) groups is 1. The summed E-state index contributed by atoms with van der Waals surface area (Å²) in [5.41, 5.74) is 1.14. The van der Waals surface area contributed by atoms with Gasteiger partial charge in [-0.05, 0) is 37.3 Å². The molecule has 2 rings (SSSR count). The Morgan fingerprint density at radius 1 is 1.42 bits per heavy atom. The van der Waals surface area contributed by atoms with E-state index in [2.05, 4.69) is 37.6 Å². The lowest BCUT2D eigenvalue weighted by molar-refractivity contribution is 0.0520. The molecule has 1 N–H and O–H groups in total. The molecule has 2 heterocycles. The van der Waals surface area contributed by atoms with Crippen LogP contribution in [0.4, 0.5) is 0 Å². The zero-order valence-corrected chi connectivity index (χ0v) is 15.6. The summed E-state index contributed by atoms with van der Waals surface area (Å²) in [6.07, 6.45) is 1.75. The molecule has 1 amide bonds. The standard InChI is InChI=1S/C19H31N3O2/c1-6-22-8-7-17(14(4)12-22)21(5)19(24)15-10-16(9-13(2)3)20-18(23)11-15/h10-11,13-14,17H,6-9,12H2,1-5H3,(H,20,23)/t14-,17-/m0/s1. The SMILES string of the molecule is CCN1CC[C@H](N(C)C(=O)c2cc(CC(C)C)[nH]c(=O)c2)[C@@H](C)C1. The second-order valence-electron chi connectivity index (χ2n) is 7.50. The molecule has 1 saturated heterocycles. The van der Waals surface area contributed by atoms with Gasteiger partial charge in [0.2, 0.25) is 5.56 Å². The highest BCUT2D eigenvalue weighted by molar-refractivity contribution is 5.94. The van der Waals surface area contributed by atoms with Crippen LogP contribution in [0.5, 0.6) is 0 Å². The lowest BCUT2D eigenvalue weighted by atomic mass is 9.92. The first-order valence-electron chi connectivity index (χ1n) is 9.04. The molecule has 0 spiro atoms. The third-order valence-corrected chi connectivity index (χ3v) is 4.98. The van der Waals surface area contributed by atoms with Crippen LogP contribution in [0.2, 0.25) is 0 Å². The fraction of sp³-hybridized carbons (Fsp3) is 0.684. The molecule has 2 atom stereocenters. The largest absolute Gasteiger partial charge is 0.338 e. The lowest BCUT2D eigenvalue weighted by Crippen LogP contribution is -2.50. The van der Waals surface area contributed by atoms with Crippen LogP contribution in [-0.2, 0) is 6.42 Å². The van der Waals surface area contributed by atoms with E-state index in [1.807, 2.05) is 18.0 Å². The molecule has 0 radical (unpaired) electrons. The van der Waals surface area contributed by atoms with E-state index in [1.54, 1.807) is 0 Å². The molecule has 5 nitrogen and oxygen atoms in total. The number of H-pyrrole nitrogens is 1. The predicted octanol–water partition coefficient (Wildman–Crippen LogP) is 2.38. The number of piperidine rings is 1. The van der Waals surface area contributed by atoms with Crippen LogP contribution < -0.4 is 5.56 Å². The van der Waals surface area contributed by atoms with Gasteiger partial charge in [0.05, 0.1) is 0 Å². The number of pyridine rings is 1. The molecular weight excluding hydrogens is 302 g/mol. The van der Waals surface area contributed by atoms with Gasteiger partial charge in [0.15, 0.2) is 0 Å². The molecule has 0 aromatic carbocycles. The minimum atomic E-state index is -0.196. The zero-order chi connectivity index (χ0) is 17.9. The number of rotatable bonds is 5. The topological polar surface area (TPSA) is 56.4 Å². The van der Waals surface area contributed by atoms with Crippen molar-refractivity contribution in [2.75, 3.05) is 26.7 Å². The Kier molecular flexibility index (Phi) is 6.21. The van der Waals surface area contributed by atoms with Gasteiger partial charge in [-0.2, -0.15) is 0 Å². The number of nitrogens with one attached hydrogen (secondary N) is 1. The number of hydrogen-bond donors (Lipinski definition) is 1. The molecule has 1 aliphatic heterocycles. The van der Waals surface area contributed by atoms with Crippen LogP contribution in [0.25, 0.3) is 0 Å². The maximum Gasteiger partial charge on any atom is 0.254 e. The van der Waals surface area contributed by atoms with Crippen molar-refractivity contribution in [2.45, 2.75) is 46.6 Å². The summed E-state index contributed by atoms with van der Waals surface area (Å²) in [4.78, 5) is 31.9. The Labute approximate surface area is 145 Å². The quantitative estimate of drug-likeness (QED) is 0.900. The van der Waals surface area contributed by atoms with E-state index in [-0.39, 0.29) is 17.5 Å². The first kappa shape index (κ1) is 18.7. The monoisotopic (exact) mass is 333 g/mol. The molecule has 0 bridgehead atoms. The summed E-state index contributed by atoms with van der Waals surface area (Å²) in [5, 5.41) is 0. The van der Waals surface area contributed by atoms with Crippen molar-refractivity contribution >= 4 is 5.91 Å². The van der Waals surface area contributed by atoms with Gasteiger partial charge < -0.3 is 14.8 Å². The van der Waals surface area contributed by atoms with Gasteiger partial charge in [0, 0.05) is 43.5 Å². The van der Waals surface area contributed by atoms with Crippen molar-refractivity contribution in [1.82, 2.24) is 14.8 Å². The maximum absolute atomic E-state index is 12.9. The van der Waals surface area contributed by atoms with E-state index in [0.29, 0.717) is 17.4 Å². The van der Waals surface area contributed by atoms with E-state index in [0.717, 1.165) is 38.2 Å². The molecule has 0 saturated carbocycles. The number of likely N-dealkylation sites (tertiary alicyclic amines) is 1. The summed E-state index contributed by atoms with van der Waals surface area (Å²) < 4.78 is 0. The molecule has 5 heteroatoms. The van der Waals surface area contributed by atoms with E-state index >= 15 is 0 Å². The molecule has 0 aliphatic carbocycles. The highest BCUT2D eigenvalue weighted by Gasteiger charge is 2.31. The van der Waals surface area contributed by atoms with Crippen LogP contribution in [0.3, 0.4) is 0 Å². The lowest BCUT2D eigenvalue weighted by Gasteiger charge is -2.41. The van der Waals surface area contributed by atoms with Crippen molar-refractivity contribution in [3.8, 4) is 0 Å².